The minimum atomic E-state index is -1.27. The van der Waals surface area contributed by atoms with Crippen LogP contribution >= 0.6 is 12.4 Å². The number of nitrogens with zero attached hydrogens (tertiary/aromatic N) is 2. The zero-order valence-corrected chi connectivity index (χ0v) is 26.8. The van der Waals surface area contributed by atoms with Gasteiger partial charge in [0, 0.05) is 23.8 Å². The molecule has 248 valence electrons. The molecule has 6 rings (SSSR count). The highest BCUT2D eigenvalue weighted by atomic mass is 35.5. The molecule has 2 N–H and O–H groups in total. The van der Waals surface area contributed by atoms with Crippen LogP contribution in [-0.4, -0.2) is 19.9 Å². The molecule has 0 fully saturated rings. The Morgan fingerprint density at radius 3 is 1.02 bits per heavy atom. The second-order valence-corrected chi connectivity index (χ2v) is 11.6. The van der Waals surface area contributed by atoms with Crippen molar-refractivity contribution < 1.29 is 22.3 Å². The highest BCUT2D eigenvalue weighted by molar-refractivity contribution is 5.85. The summed E-state index contributed by atoms with van der Waals surface area (Å²) in [6.07, 6.45) is 10.0. The number of aryl methyl sites for hydroxylation is 2. The molecule has 0 aliphatic carbocycles. The summed E-state index contributed by atoms with van der Waals surface area (Å²) in [5.41, 5.74) is 1.93. The van der Waals surface area contributed by atoms with Crippen molar-refractivity contribution in [1.82, 2.24) is 19.9 Å². The molecule has 0 saturated carbocycles. The summed E-state index contributed by atoms with van der Waals surface area (Å²) >= 11 is 0. The molecule has 0 amide bonds. The van der Waals surface area contributed by atoms with Crippen molar-refractivity contribution in [2.24, 2.45) is 0 Å². The molecule has 6 aromatic rings. The predicted molar refractivity (Wildman–Crippen MR) is 179 cm³/mol. The zero-order valence-electron chi connectivity index (χ0n) is 26.0. The molecule has 0 unspecified atom stereocenters. The number of aromatic amines is 2. The van der Waals surface area contributed by atoms with Crippen molar-refractivity contribution in [2.45, 2.75) is 49.7 Å². The molecule has 0 atom stereocenters. The van der Waals surface area contributed by atoms with Gasteiger partial charge in [-0.1, -0.05) is 48.5 Å². The highest BCUT2D eigenvalue weighted by Gasteiger charge is 2.46. The first-order chi connectivity index (χ1) is 22.9. The van der Waals surface area contributed by atoms with Crippen LogP contribution in [0.25, 0.3) is 0 Å². The van der Waals surface area contributed by atoms with Crippen molar-refractivity contribution in [3.63, 3.8) is 0 Å². The van der Waals surface area contributed by atoms with Gasteiger partial charge in [-0.05, 0) is 109 Å². The molecule has 2 aromatic heterocycles. The van der Waals surface area contributed by atoms with Crippen molar-refractivity contribution >= 4 is 12.4 Å². The fourth-order valence-electron chi connectivity index (χ4n) is 6.32. The van der Waals surface area contributed by atoms with E-state index >= 15 is 0 Å². The van der Waals surface area contributed by atoms with E-state index in [1.165, 1.54) is 48.5 Å². The minimum absolute atomic E-state index is 0. The molecule has 0 aliphatic rings. The molecule has 0 bridgehead atoms. The van der Waals surface area contributed by atoms with E-state index in [4.69, 9.17) is 4.74 Å². The molecule has 2 heterocycles. The van der Waals surface area contributed by atoms with Crippen LogP contribution < -0.4 is 0 Å². The summed E-state index contributed by atoms with van der Waals surface area (Å²) in [6.45, 7) is 0. The molecular weight excluding hydrogens is 640 g/mol. The maximum Gasteiger partial charge on any atom is 0.123 e. The Kier molecular flexibility index (Phi) is 11.1. The molecule has 0 saturated heterocycles. The van der Waals surface area contributed by atoms with Gasteiger partial charge in [-0.2, -0.15) is 0 Å². The zero-order chi connectivity index (χ0) is 32.7. The summed E-state index contributed by atoms with van der Waals surface area (Å²) < 4.78 is 65.4. The number of halogens is 5. The molecule has 48 heavy (non-hydrogen) atoms. The van der Waals surface area contributed by atoms with Gasteiger partial charge in [0.05, 0.1) is 12.7 Å². The van der Waals surface area contributed by atoms with Crippen LogP contribution in [0.15, 0.2) is 122 Å². The molecule has 0 aliphatic heterocycles. The lowest BCUT2D eigenvalue weighted by Gasteiger charge is -2.46. The van der Waals surface area contributed by atoms with E-state index in [1.807, 2.05) is 0 Å². The molecule has 0 radical (unpaired) electrons. The van der Waals surface area contributed by atoms with E-state index in [2.05, 4.69) is 19.9 Å². The van der Waals surface area contributed by atoms with Gasteiger partial charge < -0.3 is 14.7 Å². The normalized spacial score (nSPS) is 11.8. The van der Waals surface area contributed by atoms with Gasteiger partial charge in [0.25, 0.3) is 0 Å². The second-order valence-electron chi connectivity index (χ2n) is 11.6. The number of H-pyrrole nitrogens is 2. The van der Waals surface area contributed by atoms with Crippen LogP contribution in [0.4, 0.5) is 17.6 Å². The third kappa shape index (κ3) is 7.69. The standard InChI is InChI=1S/C38H34F4N4O.ClH/c39-31-13-5-27(6-14-31)37(28-7-15-32(40)16-8-28,21-1-3-35-23-43-25-45-35)47-38(29-9-17-33(41)18-10-29,30-11-19-34(42)20-12-30)22-2-4-36-24-44-26-46-36;/h5-20,23-26H,1-4,21-22H2,(H,43,45)(H,44,46);1H. The van der Waals surface area contributed by atoms with E-state index in [0.29, 0.717) is 60.8 Å². The monoisotopic (exact) mass is 674 g/mol. The Labute approximate surface area is 282 Å². The van der Waals surface area contributed by atoms with E-state index < -0.39 is 34.5 Å². The topological polar surface area (TPSA) is 66.6 Å². The van der Waals surface area contributed by atoms with Gasteiger partial charge in [-0.25, -0.2) is 27.5 Å². The quantitative estimate of drug-likeness (QED) is 0.113. The van der Waals surface area contributed by atoms with Crippen molar-refractivity contribution in [3.05, 3.63) is 179 Å². The van der Waals surface area contributed by atoms with Gasteiger partial charge in [0.1, 0.15) is 34.5 Å². The maximum absolute atomic E-state index is 14.4. The lowest BCUT2D eigenvalue weighted by Crippen LogP contribution is -2.43. The third-order valence-electron chi connectivity index (χ3n) is 8.65. The van der Waals surface area contributed by atoms with Gasteiger partial charge in [0.15, 0.2) is 0 Å². The van der Waals surface area contributed by atoms with Crippen LogP contribution in [-0.2, 0) is 28.8 Å². The summed E-state index contributed by atoms with van der Waals surface area (Å²) in [5.74, 6) is -1.66. The van der Waals surface area contributed by atoms with Gasteiger partial charge in [-0.3, -0.25) is 0 Å². The van der Waals surface area contributed by atoms with Crippen LogP contribution in [0.1, 0.15) is 59.3 Å². The number of benzene rings is 4. The summed E-state index contributed by atoms with van der Waals surface area (Å²) in [7, 11) is 0. The smallest absolute Gasteiger partial charge is 0.123 e. The lowest BCUT2D eigenvalue weighted by molar-refractivity contribution is -0.135. The SMILES string of the molecule is Cl.Fc1ccc(C(CCCc2cnc[nH]2)(OC(CCCc2cnc[nH]2)(c2ccc(F)cc2)c2ccc(F)cc2)c2ccc(F)cc2)cc1. The summed E-state index contributed by atoms with van der Waals surface area (Å²) in [6, 6.07) is 24.5. The number of hydrogen-bond acceptors (Lipinski definition) is 3. The molecular formula is C38H35ClF4N4O. The first kappa shape index (κ1) is 34.6. The Hall–Kier alpha value is -4.73. The van der Waals surface area contributed by atoms with Gasteiger partial charge in [-0.15, -0.1) is 12.4 Å². The van der Waals surface area contributed by atoms with E-state index in [0.717, 1.165) is 11.4 Å². The molecule has 4 aromatic carbocycles. The number of nitrogens with one attached hydrogen (secondary N) is 2. The number of ether oxygens (including phenoxy) is 1. The fourth-order valence-corrected chi connectivity index (χ4v) is 6.32. The first-order valence-corrected chi connectivity index (χ1v) is 15.6. The number of aromatic nitrogens is 4. The van der Waals surface area contributed by atoms with Crippen LogP contribution in [0.2, 0.25) is 0 Å². The number of rotatable bonds is 14. The number of imidazole rings is 2. The van der Waals surface area contributed by atoms with Crippen LogP contribution in [0.3, 0.4) is 0 Å². The van der Waals surface area contributed by atoms with E-state index in [-0.39, 0.29) is 12.4 Å². The van der Waals surface area contributed by atoms with Crippen molar-refractivity contribution in [2.75, 3.05) is 0 Å². The largest absolute Gasteiger partial charge is 0.350 e. The predicted octanol–water partition coefficient (Wildman–Crippen LogP) is 9.36. The average molecular weight is 675 g/mol. The summed E-state index contributed by atoms with van der Waals surface area (Å²) in [5, 5.41) is 0. The van der Waals surface area contributed by atoms with E-state index in [9.17, 15) is 17.6 Å². The van der Waals surface area contributed by atoms with Crippen LogP contribution in [0, 0.1) is 23.3 Å². The first-order valence-electron chi connectivity index (χ1n) is 15.6. The lowest BCUT2D eigenvalue weighted by atomic mass is 9.77. The van der Waals surface area contributed by atoms with E-state index in [1.54, 1.807) is 73.6 Å². The van der Waals surface area contributed by atoms with Gasteiger partial charge in [0.2, 0.25) is 0 Å². The Balaban J connectivity index is 0.00000451. The molecule has 5 nitrogen and oxygen atoms in total. The van der Waals surface area contributed by atoms with Crippen molar-refractivity contribution in [1.29, 1.82) is 0 Å². The maximum atomic E-state index is 14.4. The molecule has 0 spiro atoms. The van der Waals surface area contributed by atoms with Crippen molar-refractivity contribution in [3.8, 4) is 0 Å². The Morgan fingerprint density at radius 2 is 0.771 bits per heavy atom. The molecule has 10 heteroatoms. The second kappa shape index (κ2) is 15.4. The summed E-state index contributed by atoms with van der Waals surface area (Å²) in [4.78, 5) is 14.6. The highest BCUT2D eigenvalue weighted by Crippen LogP contribution is 2.49. The number of hydrogen-bond donors (Lipinski definition) is 2. The Morgan fingerprint density at radius 1 is 0.479 bits per heavy atom. The minimum Gasteiger partial charge on any atom is -0.350 e. The average Bonchev–Trinajstić information content (AvgIpc) is 3.80. The van der Waals surface area contributed by atoms with Gasteiger partial charge >= 0.3 is 0 Å². The third-order valence-corrected chi connectivity index (χ3v) is 8.65. The fraction of sp³-hybridized carbons (Fsp3) is 0.211. The Bertz CT molecular complexity index is 1600. The van der Waals surface area contributed by atoms with Crippen LogP contribution in [0.5, 0.6) is 0 Å².